The summed E-state index contributed by atoms with van der Waals surface area (Å²) in [5.74, 6) is 0.857. The van der Waals surface area contributed by atoms with E-state index in [0.29, 0.717) is 25.0 Å². The quantitative estimate of drug-likeness (QED) is 0.724. The standard InChI is InChI=1S/C17H35N3O/c1-5-15(6-2)19-16(21)12-20(7-3)17(13-18)10-8-9-14(4)11-17/h14-15H,5-13,18H2,1-4H3,(H,19,21). The van der Waals surface area contributed by atoms with Crippen LogP contribution >= 0.6 is 0 Å². The highest BCUT2D eigenvalue weighted by Gasteiger charge is 2.39. The fourth-order valence-electron chi connectivity index (χ4n) is 3.79. The Morgan fingerprint density at radius 2 is 2.05 bits per heavy atom. The van der Waals surface area contributed by atoms with Crippen molar-refractivity contribution >= 4 is 5.91 Å². The van der Waals surface area contributed by atoms with E-state index >= 15 is 0 Å². The van der Waals surface area contributed by atoms with Gasteiger partial charge in [-0.05, 0) is 38.1 Å². The van der Waals surface area contributed by atoms with E-state index in [4.69, 9.17) is 5.73 Å². The van der Waals surface area contributed by atoms with E-state index in [1.807, 2.05) is 0 Å². The zero-order valence-electron chi connectivity index (χ0n) is 14.5. The molecule has 21 heavy (non-hydrogen) atoms. The number of amides is 1. The van der Waals surface area contributed by atoms with Crippen molar-refractivity contribution in [3.8, 4) is 0 Å². The summed E-state index contributed by atoms with van der Waals surface area (Å²) in [5, 5.41) is 3.15. The Balaban J connectivity index is 2.69. The van der Waals surface area contributed by atoms with E-state index in [1.54, 1.807) is 0 Å². The highest BCUT2D eigenvalue weighted by atomic mass is 16.2. The molecule has 4 heteroatoms. The zero-order chi connectivity index (χ0) is 15.9. The maximum atomic E-state index is 12.3. The second-order valence-corrected chi connectivity index (χ2v) is 6.73. The normalized spacial score (nSPS) is 26.3. The first-order valence-corrected chi connectivity index (χ1v) is 8.75. The van der Waals surface area contributed by atoms with Crippen LogP contribution in [0.1, 0.15) is 66.2 Å². The van der Waals surface area contributed by atoms with Crippen LogP contribution < -0.4 is 11.1 Å². The summed E-state index contributed by atoms with van der Waals surface area (Å²) in [6, 6.07) is 0.301. The number of nitrogens with two attached hydrogens (primary N) is 1. The molecular weight excluding hydrogens is 262 g/mol. The Bertz CT molecular complexity index is 317. The van der Waals surface area contributed by atoms with Crippen molar-refractivity contribution in [3.63, 3.8) is 0 Å². The maximum absolute atomic E-state index is 12.3. The van der Waals surface area contributed by atoms with Gasteiger partial charge >= 0.3 is 0 Å². The Morgan fingerprint density at radius 1 is 1.38 bits per heavy atom. The van der Waals surface area contributed by atoms with Crippen molar-refractivity contribution in [2.75, 3.05) is 19.6 Å². The third-order valence-electron chi connectivity index (χ3n) is 5.19. The molecule has 0 heterocycles. The Hall–Kier alpha value is -0.610. The molecule has 0 saturated heterocycles. The summed E-state index contributed by atoms with van der Waals surface area (Å²) in [7, 11) is 0. The molecule has 0 radical (unpaired) electrons. The van der Waals surface area contributed by atoms with Gasteiger partial charge in [-0.25, -0.2) is 0 Å². The van der Waals surface area contributed by atoms with Crippen molar-refractivity contribution in [2.45, 2.75) is 77.8 Å². The molecule has 1 fully saturated rings. The van der Waals surface area contributed by atoms with E-state index in [2.05, 4.69) is 37.9 Å². The largest absolute Gasteiger partial charge is 0.352 e. The van der Waals surface area contributed by atoms with Crippen molar-refractivity contribution in [3.05, 3.63) is 0 Å². The predicted molar refractivity (Wildman–Crippen MR) is 89.2 cm³/mol. The van der Waals surface area contributed by atoms with Crippen LogP contribution in [0.2, 0.25) is 0 Å². The number of likely N-dealkylation sites (N-methyl/N-ethyl adjacent to an activating group) is 1. The van der Waals surface area contributed by atoms with Crippen molar-refractivity contribution in [1.29, 1.82) is 0 Å². The molecule has 0 aliphatic heterocycles. The number of nitrogens with one attached hydrogen (secondary N) is 1. The summed E-state index contributed by atoms with van der Waals surface area (Å²) in [6.07, 6.45) is 6.75. The minimum Gasteiger partial charge on any atom is -0.352 e. The molecule has 3 N–H and O–H groups in total. The van der Waals surface area contributed by atoms with Crippen LogP contribution in [0, 0.1) is 5.92 Å². The van der Waals surface area contributed by atoms with Crippen molar-refractivity contribution in [1.82, 2.24) is 10.2 Å². The van der Waals surface area contributed by atoms with Crippen molar-refractivity contribution < 1.29 is 4.79 Å². The second kappa shape index (κ2) is 8.74. The lowest BCUT2D eigenvalue weighted by Crippen LogP contribution is -2.58. The van der Waals surface area contributed by atoms with Crippen LogP contribution in [0.4, 0.5) is 0 Å². The third kappa shape index (κ3) is 4.96. The summed E-state index contributed by atoms with van der Waals surface area (Å²) in [4.78, 5) is 14.6. The van der Waals surface area contributed by atoms with E-state index in [0.717, 1.165) is 32.2 Å². The summed E-state index contributed by atoms with van der Waals surface area (Å²) in [5.41, 5.74) is 6.16. The summed E-state index contributed by atoms with van der Waals surface area (Å²) < 4.78 is 0. The fraction of sp³-hybridized carbons (Fsp3) is 0.941. The van der Waals surface area contributed by atoms with Gasteiger partial charge in [-0.15, -0.1) is 0 Å². The van der Waals surface area contributed by atoms with Crippen LogP contribution in [-0.2, 0) is 4.79 Å². The molecule has 124 valence electrons. The zero-order valence-corrected chi connectivity index (χ0v) is 14.5. The first kappa shape index (κ1) is 18.4. The molecule has 2 unspecified atom stereocenters. The van der Waals surface area contributed by atoms with Gasteiger partial charge in [0.1, 0.15) is 0 Å². The molecule has 1 aliphatic rings. The molecule has 2 atom stereocenters. The second-order valence-electron chi connectivity index (χ2n) is 6.73. The number of hydrogen-bond donors (Lipinski definition) is 2. The maximum Gasteiger partial charge on any atom is 0.234 e. The topological polar surface area (TPSA) is 58.4 Å². The van der Waals surface area contributed by atoms with E-state index in [-0.39, 0.29) is 11.4 Å². The smallest absolute Gasteiger partial charge is 0.234 e. The lowest BCUT2D eigenvalue weighted by molar-refractivity contribution is -0.125. The van der Waals surface area contributed by atoms with E-state index < -0.39 is 0 Å². The molecule has 0 spiro atoms. The minimum absolute atomic E-state index is 0.0255. The average Bonchev–Trinajstić information content (AvgIpc) is 2.49. The van der Waals surface area contributed by atoms with Crippen LogP contribution in [0.3, 0.4) is 0 Å². The first-order valence-electron chi connectivity index (χ1n) is 8.75. The monoisotopic (exact) mass is 297 g/mol. The Kier molecular flexibility index (Phi) is 7.67. The highest BCUT2D eigenvalue weighted by Crippen LogP contribution is 2.36. The average molecular weight is 297 g/mol. The Labute approximate surface area is 130 Å². The molecule has 0 aromatic heterocycles. The van der Waals surface area contributed by atoms with E-state index in [1.165, 1.54) is 12.8 Å². The summed E-state index contributed by atoms with van der Waals surface area (Å²) in [6.45, 7) is 10.7. The summed E-state index contributed by atoms with van der Waals surface area (Å²) >= 11 is 0. The molecule has 1 saturated carbocycles. The lowest BCUT2D eigenvalue weighted by atomic mass is 9.75. The molecular formula is C17H35N3O. The molecule has 4 nitrogen and oxygen atoms in total. The highest BCUT2D eigenvalue weighted by molar-refractivity contribution is 5.78. The van der Waals surface area contributed by atoms with Gasteiger partial charge in [0.25, 0.3) is 0 Å². The van der Waals surface area contributed by atoms with Gasteiger partial charge in [0.15, 0.2) is 0 Å². The van der Waals surface area contributed by atoms with E-state index in [9.17, 15) is 4.79 Å². The van der Waals surface area contributed by atoms with Crippen LogP contribution in [0.25, 0.3) is 0 Å². The minimum atomic E-state index is 0.0255. The number of rotatable bonds is 8. The van der Waals surface area contributed by atoms with Crippen LogP contribution in [-0.4, -0.2) is 42.0 Å². The van der Waals surface area contributed by atoms with Gasteiger partial charge in [0.2, 0.25) is 5.91 Å². The molecule has 0 aromatic rings. The fourth-order valence-corrected chi connectivity index (χ4v) is 3.79. The van der Waals surface area contributed by atoms with Crippen molar-refractivity contribution in [2.24, 2.45) is 11.7 Å². The predicted octanol–water partition coefficient (Wildman–Crippen LogP) is 2.52. The molecule has 0 aromatic carbocycles. The van der Waals surface area contributed by atoms with Gasteiger partial charge in [-0.3, -0.25) is 9.69 Å². The van der Waals surface area contributed by atoms with Crippen LogP contribution in [0.15, 0.2) is 0 Å². The van der Waals surface area contributed by atoms with Gasteiger partial charge < -0.3 is 11.1 Å². The lowest BCUT2D eigenvalue weighted by Gasteiger charge is -2.47. The Morgan fingerprint density at radius 3 is 2.52 bits per heavy atom. The van der Waals surface area contributed by atoms with Gasteiger partial charge in [0, 0.05) is 18.1 Å². The molecule has 0 bridgehead atoms. The van der Waals surface area contributed by atoms with Gasteiger partial charge in [-0.2, -0.15) is 0 Å². The molecule has 1 amide bonds. The number of nitrogens with zero attached hydrogens (tertiary/aromatic N) is 1. The number of hydrogen-bond acceptors (Lipinski definition) is 3. The van der Waals surface area contributed by atoms with Gasteiger partial charge in [-0.1, -0.05) is 40.5 Å². The molecule has 1 rings (SSSR count). The number of carbonyl (C=O) groups excluding carboxylic acids is 1. The van der Waals surface area contributed by atoms with Crippen LogP contribution in [0.5, 0.6) is 0 Å². The first-order chi connectivity index (χ1) is 10.0. The molecule has 1 aliphatic carbocycles. The van der Waals surface area contributed by atoms with Gasteiger partial charge in [0.05, 0.1) is 6.54 Å². The SMILES string of the molecule is CCC(CC)NC(=O)CN(CC)C1(CN)CCCC(C)C1. The third-order valence-corrected chi connectivity index (χ3v) is 5.19. The number of carbonyl (C=O) groups is 1.